The fourth-order valence-electron chi connectivity index (χ4n) is 2.86. The van der Waals surface area contributed by atoms with E-state index in [-0.39, 0.29) is 24.4 Å². The van der Waals surface area contributed by atoms with Gasteiger partial charge in [-0.05, 0) is 18.6 Å². The van der Waals surface area contributed by atoms with E-state index in [2.05, 4.69) is 10.3 Å². The topological polar surface area (TPSA) is 79.4 Å². The quantitative estimate of drug-likeness (QED) is 0.767. The van der Waals surface area contributed by atoms with Gasteiger partial charge in [-0.25, -0.2) is 4.98 Å². The molecule has 0 saturated carbocycles. The van der Waals surface area contributed by atoms with Crippen LogP contribution in [-0.2, 0) is 27.0 Å². The Labute approximate surface area is 162 Å². The molecule has 0 bridgehead atoms. The average Bonchev–Trinajstić information content (AvgIpc) is 3.20. The Morgan fingerprint density at radius 2 is 1.96 bits per heavy atom. The van der Waals surface area contributed by atoms with Gasteiger partial charge >= 0.3 is 6.18 Å². The first-order chi connectivity index (χ1) is 13.1. The van der Waals surface area contributed by atoms with Gasteiger partial charge in [-0.2, -0.15) is 13.2 Å². The SMILES string of the molecule is C[C@@H](C(=O)Nc1ncc(Cc2cccc(C(F)(F)F)c2)s1)N1C(=O)CCC1=O. The Balaban J connectivity index is 1.65. The predicted molar refractivity (Wildman–Crippen MR) is 95.5 cm³/mol. The number of alkyl halides is 3. The largest absolute Gasteiger partial charge is 0.416 e. The summed E-state index contributed by atoms with van der Waals surface area (Å²) in [7, 11) is 0. The number of hydrogen-bond donors (Lipinski definition) is 1. The van der Waals surface area contributed by atoms with Crippen LogP contribution in [0.3, 0.4) is 0 Å². The number of amides is 3. The number of anilines is 1. The molecular formula is C18H16F3N3O3S. The third kappa shape index (κ3) is 4.38. The highest BCUT2D eigenvalue weighted by molar-refractivity contribution is 7.15. The fourth-order valence-corrected chi connectivity index (χ4v) is 3.71. The first-order valence-electron chi connectivity index (χ1n) is 8.42. The number of benzene rings is 1. The highest BCUT2D eigenvalue weighted by Crippen LogP contribution is 2.30. The maximum absolute atomic E-state index is 12.8. The van der Waals surface area contributed by atoms with Crippen molar-refractivity contribution in [3.8, 4) is 0 Å². The summed E-state index contributed by atoms with van der Waals surface area (Å²) in [5.74, 6) is -1.34. The summed E-state index contributed by atoms with van der Waals surface area (Å²) < 4.78 is 38.4. The molecule has 3 rings (SSSR count). The van der Waals surface area contributed by atoms with Gasteiger partial charge in [0.15, 0.2) is 5.13 Å². The van der Waals surface area contributed by atoms with Crippen molar-refractivity contribution >= 4 is 34.2 Å². The molecule has 148 valence electrons. The van der Waals surface area contributed by atoms with Gasteiger partial charge in [-0.1, -0.05) is 18.2 Å². The molecule has 6 nitrogen and oxygen atoms in total. The second kappa shape index (κ2) is 7.70. The zero-order valence-electron chi connectivity index (χ0n) is 14.7. The van der Waals surface area contributed by atoms with Crippen molar-refractivity contribution in [2.75, 3.05) is 5.32 Å². The molecule has 2 heterocycles. The summed E-state index contributed by atoms with van der Waals surface area (Å²) in [6.45, 7) is 1.45. The first-order valence-corrected chi connectivity index (χ1v) is 9.23. The van der Waals surface area contributed by atoms with E-state index in [4.69, 9.17) is 0 Å². The number of nitrogens with zero attached hydrogens (tertiary/aromatic N) is 2. The van der Waals surface area contributed by atoms with Crippen molar-refractivity contribution in [2.45, 2.75) is 38.4 Å². The molecule has 1 atom stereocenters. The normalized spacial score (nSPS) is 15.8. The second-order valence-electron chi connectivity index (χ2n) is 6.33. The molecule has 10 heteroatoms. The summed E-state index contributed by atoms with van der Waals surface area (Å²) >= 11 is 1.12. The summed E-state index contributed by atoms with van der Waals surface area (Å²) in [4.78, 5) is 41.4. The van der Waals surface area contributed by atoms with Crippen molar-refractivity contribution in [3.05, 3.63) is 46.5 Å². The third-order valence-electron chi connectivity index (χ3n) is 4.27. The third-order valence-corrected chi connectivity index (χ3v) is 5.19. The summed E-state index contributed by atoms with van der Waals surface area (Å²) in [5, 5.41) is 2.79. The van der Waals surface area contributed by atoms with Crippen LogP contribution >= 0.6 is 11.3 Å². The summed E-state index contributed by atoms with van der Waals surface area (Å²) in [6, 6.07) is 4.04. The van der Waals surface area contributed by atoms with Crippen LogP contribution in [0.25, 0.3) is 0 Å². The lowest BCUT2D eigenvalue weighted by atomic mass is 10.1. The molecular weight excluding hydrogens is 395 g/mol. The van der Waals surface area contributed by atoms with Gasteiger partial charge in [0.05, 0.1) is 5.56 Å². The van der Waals surface area contributed by atoms with Crippen molar-refractivity contribution in [3.63, 3.8) is 0 Å². The van der Waals surface area contributed by atoms with E-state index in [0.717, 1.165) is 28.4 Å². The summed E-state index contributed by atoms with van der Waals surface area (Å²) in [5.41, 5.74) is -0.255. The molecule has 28 heavy (non-hydrogen) atoms. The van der Waals surface area contributed by atoms with Crippen molar-refractivity contribution in [2.24, 2.45) is 0 Å². The lowest BCUT2D eigenvalue weighted by Gasteiger charge is -2.20. The van der Waals surface area contributed by atoms with Crippen molar-refractivity contribution < 1.29 is 27.6 Å². The Bertz CT molecular complexity index is 910. The molecule has 1 aliphatic rings. The number of halogens is 3. The zero-order chi connectivity index (χ0) is 20.5. The van der Waals surface area contributed by atoms with E-state index >= 15 is 0 Å². The van der Waals surface area contributed by atoms with E-state index in [1.807, 2.05) is 0 Å². The van der Waals surface area contributed by atoms with Gasteiger partial charge in [-0.3, -0.25) is 19.3 Å². The van der Waals surface area contributed by atoms with Gasteiger partial charge in [0, 0.05) is 30.3 Å². The van der Waals surface area contributed by atoms with E-state index < -0.39 is 35.5 Å². The van der Waals surface area contributed by atoms with Crippen LogP contribution < -0.4 is 5.32 Å². The summed E-state index contributed by atoms with van der Waals surface area (Å²) in [6.07, 6.45) is -2.53. The number of aromatic nitrogens is 1. The molecule has 2 aromatic rings. The Morgan fingerprint density at radius 3 is 2.61 bits per heavy atom. The van der Waals surface area contributed by atoms with E-state index in [9.17, 15) is 27.6 Å². The zero-order valence-corrected chi connectivity index (χ0v) is 15.6. The highest BCUT2D eigenvalue weighted by atomic mass is 32.1. The van der Waals surface area contributed by atoms with Crippen LogP contribution in [0.4, 0.5) is 18.3 Å². The Hall–Kier alpha value is -2.75. The van der Waals surface area contributed by atoms with Gasteiger partial charge < -0.3 is 5.32 Å². The van der Waals surface area contributed by atoms with Crippen LogP contribution in [0.2, 0.25) is 0 Å². The smallest absolute Gasteiger partial charge is 0.300 e. The van der Waals surface area contributed by atoms with Crippen LogP contribution in [0.15, 0.2) is 30.5 Å². The number of rotatable bonds is 5. The van der Waals surface area contributed by atoms with Crippen LogP contribution in [0, 0.1) is 0 Å². The molecule has 1 aliphatic heterocycles. The molecule has 1 saturated heterocycles. The maximum atomic E-state index is 12.8. The van der Waals surface area contributed by atoms with Gasteiger partial charge in [0.2, 0.25) is 17.7 Å². The van der Waals surface area contributed by atoms with Gasteiger partial charge in [0.25, 0.3) is 0 Å². The number of imide groups is 1. The van der Waals surface area contributed by atoms with Crippen LogP contribution in [0.5, 0.6) is 0 Å². The molecule has 1 aromatic carbocycles. The Kier molecular flexibility index (Phi) is 5.50. The molecule has 0 aliphatic carbocycles. The second-order valence-corrected chi connectivity index (χ2v) is 7.44. The van der Waals surface area contributed by atoms with Crippen molar-refractivity contribution in [1.82, 2.24) is 9.88 Å². The molecule has 0 spiro atoms. The molecule has 1 aromatic heterocycles. The van der Waals surface area contributed by atoms with E-state index in [1.165, 1.54) is 19.2 Å². The highest BCUT2D eigenvalue weighted by Gasteiger charge is 2.36. The van der Waals surface area contributed by atoms with Crippen molar-refractivity contribution in [1.29, 1.82) is 0 Å². The molecule has 3 amide bonds. The molecule has 0 radical (unpaired) electrons. The first kappa shape index (κ1) is 20.0. The number of nitrogens with one attached hydrogen (secondary N) is 1. The van der Waals surface area contributed by atoms with E-state index in [0.29, 0.717) is 10.4 Å². The van der Waals surface area contributed by atoms with Crippen LogP contribution in [-0.4, -0.2) is 33.6 Å². The minimum atomic E-state index is -4.41. The van der Waals surface area contributed by atoms with Gasteiger partial charge in [0.1, 0.15) is 6.04 Å². The standard InChI is InChI=1S/C18H16F3N3O3S/c1-10(24-14(25)5-6-15(24)26)16(27)23-17-22-9-13(28-17)8-11-3-2-4-12(7-11)18(19,20)21/h2-4,7,9-10H,5-6,8H2,1H3,(H,22,23,27)/t10-/m0/s1. The molecule has 0 unspecified atom stereocenters. The lowest BCUT2D eigenvalue weighted by molar-refractivity contribution is -0.144. The van der Waals surface area contributed by atoms with Gasteiger partial charge in [-0.15, -0.1) is 11.3 Å². The fraction of sp³-hybridized carbons (Fsp3) is 0.333. The monoisotopic (exact) mass is 411 g/mol. The minimum absolute atomic E-state index is 0.0921. The molecule has 1 N–H and O–H groups in total. The van der Waals surface area contributed by atoms with E-state index in [1.54, 1.807) is 6.07 Å². The number of hydrogen-bond acceptors (Lipinski definition) is 5. The number of likely N-dealkylation sites (tertiary alicyclic amines) is 1. The van der Waals surface area contributed by atoms with Crippen LogP contribution in [0.1, 0.15) is 35.8 Å². The average molecular weight is 411 g/mol. The number of carbonyl (C=O) groups is 3. The minimum Gasteiger partial charge on any atom is -0.300 e. The number of thiazole rings is 1. The number of carbonyl (C=O) groups excluding carboxylic acids is 3. The Morgan fingerprint density at radius 1 is 1.29 bits per heavy atom. The predicted octanol–water partition coefficient (Wildman–Crippen LogP) is 3.23. The lowest BCUT2D eigenvalue weighted by Crippen LogP contribution is -2.44. The molecule has 1 fully saturated rings. The maximum Gasteiger partial charge on any atom is 0.416 e.